The molecule has 0 amide bonds. The van der Waals surface area contributed by atoms with E-state index in [2.05, 4.69) is 6.92 Å². The second kappa shape index (κ2) is 4.43. The van der Waals surface area contributed by atoms with E-state index in [0.29, 0.717) is 6.10 Å². The van der Waals surface area contributed by atoms with Crippen molar-refractivity contribution in [2.45, 2.75) is 38.7 Å². The Morgan fingerprint density at radius 3 is 2.46 bits per heavy atom. The molecular formula is C11H20O2. The lowest BCUT2D eigenvalue weighted by atomic mass is 9.83. The molecule has 2 fully saturated rings. The van der Waals surface area contributed by atoms with E-state index in [1.807, 2.05) is 0 Å². The topological polar surface area (TPSA) is 18.5 Å². The number of ether oxygens (including phenoxy) is 2. The monoisotopic (exact) mass is 184 g/mol. The van der Waals surface area contributed by atoms with Gasteiger partial charge in [-0.25, -0.2) is 0 Å². The third-order valence-corrected chi connectivity index (χ3v) is 3.56. The zero-order valence-corrected chi connectivity index (χ0v) is 8.50. The predicted octanol–water partition coefficient (Wildman–Crippen LogP) is 2.23. The first kappa shape index (κ1) is 9.47. The molecule has 0 aromatic rings. The van der Waals surface area contributed by atoms with E-state index < -0.39 is 0 Å². The first-order valence-corrected chi connectivity index (χ1v) is 5.57. The van der Waals surface area contributed by atoms with Crippen molar-refractivity contribution in [1.29, 1.82) is 0 Å². The fourth-order valence-corrected chi connectivity index (χ4v) is 2.56. The van der Waals surface area contributed by atoms with Crippen molar-refractivity contribution < 1.29 is 9.47 Å². The van der Waals surface area contributed by atoms with Gasteiger partial charge in [-0.3, -0.25) is 0 Å². The summed E-state index contributed by atoms with van der Waals surface area (Å²) in [7, 11) is 0. The minimum atomic E-state index is 0.545. The highest BCUT2D eigenvalue weighted by Gasteiger charge is 2.29. The van der Waals surface area contributed by atoms with E-state index in [9.17, 15) is 0 Å². The number of hydrogen-bond acceptors (Lipinski definition) is 2. The molecule has 0 N–H and O–H groups in total. The highest BCUT2D eigenvalue weighted by molar-refractivity contribution is 4.78. The van der Waals surface area contributed by atoms with Crippen LogP contribution in [-0.2, 0) is 9.47 Å². The predicted molar refractivity (Wildman–Crippen MR) is 51.7 cm³/mol. The third-order valence-electron chi connectivity index (χ3n) is 3.56. The molecule has 2 aliphatic heterocycles. The lowest BCUT2D eigenvalue weighted by molar-refractivity contribution is -0.00118. The van der Waals surface area contributed by atoms with Crippen LogP contribution in [0.4, 0.5) is 0 Å². The summed E-state index contributed by atoms with van der Waals surface area (Å²) in [4.78, 5) is 0. The fourth-order valence-electron chi connectivity index (χ4n) is 2.56. The Labute approximate surface area is 80.6 Å². The van der Waals surface area contributed by atoms with Crippen LogP contribution in [0, 0.1) is 11.8 Å². The number of hydrogen-bond donors (Lipinski definition) is 0. The lowest BCUT2D eigenvalue weighted by Gasteiger charge is -2.31. The fraction of sp³-hybridized carbons (Fsp3) is 1.00. The van der Waals surface area contributed by atoms with Crippen molar-refractivity contribution in [2.24, 2.45) is 11.8 Å². The molecule has 2 heteroatoms. The van der Waals surface area contributed by atoms with Crippen LogP contribution < -0.4 is 0 Å². The molecule has 2 nitrogen and oxygen atoms in total. The van der Waals surface area contributed by atoms with Crippen LogP contribution in [0.3, 0.4) is 0 Å². The second-order valence-electron chi connectivity index (χ2n) is 4.36. The van der Waals surface area contributed by atoms with E-state index in [1.165, 1.54) is 25.7 Å². The van der Waals surface area contributed by atoms with Crippen LogP contribution in [0.5, 0.6) is 0 Å². The van der Waals surface area contributed by atoms with Crippen molar-refractivity contribution >= 4 is 0 Å². The summed E-state index contributed by atoms with van der Waals surface area (Å²) in [5.41, 5.74) is 0. The van der Waals surface area contributed by atoms with Crippen LogP contribution >= 0.6 is 0 Å². The molecule has 0 spiro atoms. The van der Waals surface area contributed by atoms with Gasteiger partial charge in [0.2, 0.25) is 0 Å². The lowest BCUT2D eigenvalue weighted by Crippen LogP contribution is -2.29. The largest absolute Gasteiger partial charge is 0.381 e. The SMILES string of the molecule is CC(C1CCOCC1)C1CCCO1. The van der Waals surface area contributed by atoms with Gasteiger partial charge in [0.05, 0.1) is 6.10 Å². The highest BCUT2D eigenvalue weighted by atomic mass is 16.5. The van der Waals surface area contributed by atoms with Crippen molar-refractivity contribution in [3.8, 4) is 0 Å². The quantitative estimate of drug-likeness (QED) is 0.655. The molecule has 2 heterocycles. The van der Waals surface area contributed by atoms with Gasteiger partial charge in [-0.05, 0) is 37.5 Å². The summed E-state index contributed by atoms with van der Waals surface area (Å²) in [6.45, 7) is 5.26. The standard InChI is InChI=1S/C11H20O2/c1-9(11-3-2-6-13-11)10-4-7-12-8-5-10/h9-11H,2-8H2,1H3. The first-order chi connectivity index (χ1) is 6.38. The van der Waals surface area contributed by atoms with Crippen molar-refractivity contribution in [1.82, 2.24) is 0 Å². The van der Waals surface area contributed by atoms with E-state index >= 15 is 0 Å². The molecule has 0 saturated carbocycles. The van der Waals surface area contributed by atoms with E-state index in [-0.39, 0.29) is 0 Å². The molecule has 0 radical (unpaired) electrons. The third kappa shape index (κ3) is 2.23. The average Bonchev–Trinajstić information content (AvgIpc) is 2.71. The summed E-state index contributed by atoms with van der Waals surface area (Å²) >= 11 is 0. The van der Waals surface area contributed by atoms with Crippen LogP contribution in [0.1, 0.15) is 32.6 Å². The van der Waals surface area contributed by atoms with Crippen LogP contribution in [0.15, 0.2) is 0 Å². The Bertz CT molecular complexity index is 146. The molecule has 0 aromatic carbocycles. The van der Waals surface area contributed by atoms with E-state index in [1.54, 1.807) is 0 Å². The van der Waals surface area contributed by atoms with Gasteiger partial charge in [0.15, 0.2) is 0 Å². The van der Waals surface area contributed by atoms with Gasteiger partial charge in [-0.2, -0.15) is 0 Å². The summed E-state index contributed by atoms with van der Waals surface area (Å²) in [5, 5.41) is 0. The molecule has 13 heavy (non-hydrogen) atoms. The molecule has 2 atom stereocenters. The molecular weight excluding hydrogens is 164 g/mol. The molecule has 0 aliphatic carbocycles. The van der Waals surface area contributed by atoms with E-state index in [0.717, 1.165) is 31.7 Å². The Hall–Kier alpha value is -0.0800. The minimum absolute atomic E-state index is 0.545. The zero-order valence-electron chi connectivity index (χ0n) is 8.50. The Morgan fingerprint density at radius 2 is 1.85 bits per heavy atom. The second-order valence-corrected chi connectivity index (χ2v) is 4.36. The van der Waals surface area contributed by atoms with Crippen molar-refractivity contribution in [3.63, 3.8) is 0 Å². The van der Waals surface area contributed by atoms with E-state index in [4.69, 9.17) is 9.47 Å². The molecule has 2 unspecified atom stereocenters. The van der Waals surface area contributed by atoms with Gasteiger partial charge < -0.3 is 9.47 Å². The molecule has 0 aromatic heterocycles. The molecule has 0 bridgehead atoms. The minimum Gasteiger partial charge on any atom is -0.381 e. The summed E-state index contributed by atoms with van der Waals surface area (Å²) in [5.74, 6) is 1.59. The molecule has 2 saturated heterocycles. The summed E-state index contributed by atoms with van der Waals surface area (Å²) < 4.78 is 11.1. The van der Waals surface area contributed by atoms with Crippen molar-refractivity contribution in [2.75, 3.05) is 19.8 Å². The Morgan fingerprint density at radius 1 is 1.08 bits per heavy atom. The zero-order chi connectivity index (χ0) is 9.10. The normalized spacial score (nSPS) is 33.5. The molecule has 2 aliphatic rings. The van der Waals surface area contributed by atoms with Gasteiger partial charge in [-0.1, -0.05) is 6.92 Å². The summed E-state index contributed by atoms with van der Waals surface area (Å²) in [6, 6.07) is 0. The first-order valence-electron chi connectivity index (χ1n) is 5.57. The van der Waals surface area contributed by atoms with Crippen molar-refractivity contribution in [3.05, 3.63) is 0 Å². The Kier molecular flexibility index (Phi) is 3.23. The van der Waals surface area contributed by atoms with Crippen LogP contribution in [0.25, 0.3) is 0 Å². The van der Waals surface area contributed by atoms with Crippen LogP contribution in [-0.4, -0.2) is 25.9 Å². The molecule has 2 rings (SSSR count). The van der Waals surface area contributed by atoms with Gasteiger partial charge in [0, 0.05) is 19.8 Å². The van der Waals surface area contributed by atoms with Gasteiger partial charge in [-0.15, -0.1) is 0 Å². The maximum absolute atomic E-state index is 5.73. The maximum Gasteiger partial charge on any atom is 0.0604 e. The van der Waals surface area contributed by atoms with Gasteiger partial charge in [0.1, 0.15) is 0 Å². The smallest absolute Gasteiger partial charge is 0.0604 e. The highest BCUT2D eigenvalue weighted by Crippen LogP contribution is 2.31. The average molecular weight is 184 g/mol. The van der Waals surface area contributed by atoms with Gasteiger partial charge >= 0.3 is 0 Å². The summed E-state index contributed by atoms with van der Waals surface area (Å²) in [6.07, 6.45) is 5.56. The maximum atomic E-state index is 5.73. The number of rotatable bonds is 2. The van der Waals surface area contributed by atoms with Gasteiger partial charge in [0.25, 0.3) is 0 Å². The Balaban J connectivity index is 1.83. The molecule has 76 valence electrons. The van der Waals surface area contributed by atoms with Crippen LogP contribution in [0.2, 0.25) is 0 Å².